The van der Waals surface area contributed by atoms with E-state index in [1.54, 1.807) is 41.0 Å². The number of hydrogen-bond acceptors (Lipinski definition) is 2. The third kappa shape index (κ3) is 3.68. The summed E-state index contributed by atoms with van der Waals surface area (Å²) < 4.78 is 0. The van der Waals surface area contributed by atoms with E-state index in [1.165, 1.54) is 0 Å². The first-order chi connectivity index (χ1) is 12.4. The maximum Gasteiger partial charge on any atom is 0.322 e. The molecule has 0 spiro atoms. The van der Waals surface area contributed by atoms with Gasteiger partial charge in [-0.15, -0.1) is 0 Å². The molecule has 136 valence electrons. The van der Waals surface area contributed by atoms with Crippen molar-refractivity contribution in [2.24, 2.45) is 0 Å². The average Bonchev–Trinajstić information content (AvgIpc) is 2.59. The molecule has 1 saturated heterocycles. The van der Waals surface area contributed by atoms with Gasteiger partial charge in [-0.1, -0.05) is 29.8 Å². The van der Waals surface area contributed by atoms with Gasteiger partial charge < -0.3 is 15.1 Å². The van der Waals surface area contributed by atoms with Crippen LogP contribution >= 0.6 is 11.6 Å². The molecule has 3 rings (SSSR count). The van der Waals surface area contributed by atoms with Crippen LogP contribution < -0.4 is 10.2 Å². The highest BCUT2D eigenvalue weighted by Gasteiger charge is 2.35. The van der Waals surface area contributed by atoms with Gasteiger partial charge in [0.1, 0.15) is 6.04 Å². The van der Waals surface area contributed by atoms with E-state index in [4.69, 9.17) is 11.6 Å². The second-order valence-electron chi connectivity index (χ2n) is 6.59. The zero-order chi connectivity index (χ0) is 18.8. The van der Waals surface area contributed by atoms with Gasteiger partial charge in [0.15, 0.2) is 0 Å². The van der Waals surface area contributed by atoms with Gasteiger partial charge in [0, 0.05) is 29.5 Å². The molecule has 1 fully saturated rings. The van der Waals surface area contributed by atoms with E-state index in [-0.39, 0.29) is 11.9 Å². The van der Waals surface area contributed by atoms with E-state index < -0.39 is 6.04 Å². The number of nitrogens with zero attached hydrogens (tertiary/aromatic N) is 2. The normalized spacial score (nSPS) is 17.4. The lowest BCUT2D eigenvalue weighted by Gasteiger charge is -2.39. The number of rotatable bonds is 2. The van der Waals surface area contributed by atoms with E-state index in [2.05, 4.69) is 5.32 Å². The average molecular weight is 372 g/mol. The quantitative estimate of drug-likeness (QED) is 0.859. The van der Waals surface area contributed by atoms with Crippen molar-refractivity contribution in [3.63, 3.8) is 0 Å². The number of piperazine rings is 1. The molecular weight excluding hydrogens is 350 g/mol. The molecule has 2 aromatic carbocycles. The van der Waals surface area contributed by atoms with Crippen molar-refractivity contribution >= 4 is 34.9 Å². The summed E-state index contributed by atoms with van der Waals surface area (Å²) in [6, 6.07) is 12.2. The fourth-order valence-corrected chi connectivity index (χ4v) is 3.35. The van der Waals surface area contributed by atoms with Gasteiger partial charge >= 0.3 is 6.03 Å². The fraction of sp³-hybridized carbons (Fsp3) is 0.300. The molecular formula is C20H22ClN3O2. The Kier molecular flexibility index (Phi) is 5.18. The van der Waals surface area contributed by atoms with Crippen LogP contribution in [0, 0.1) is 13.8 Å². The summed E-state index contributed by atoms with van der Waals surface area (Å²) >= 11 is 5.95. The zero-order valence-electron chi connectivity index (χ0n) is 15.1. The highest BCUT2D eigenvalue weighted by Crippen LogP contribution is 2.26. The minimum atomic E-state index is -0.539. The molecule has 0 bridgehead atoms. The van der Waals surface area contributed by atoms with E-state index in [0.29, 0.717) is 23.8 Å². The largest absolute Gasteiger partial charge is 0.322 e. The molecule has 2 aromatic rings. The molecule has 3 amide bonds. The Morgan fingerprint density at radius 3 is 2.65 bits per heavy atom. The van der Waals surface area contributed by atoms with E-state index in [9.17, 15) is 9.59 Å². The highest BCUT2D eigenvalue weighted by molar-refractivity contribution is 6.30. The number of hydrogen-bond donors (Lipinski definition) is 1. The third-order valence-corrected chi connectivity index (χ3v) is 4.88. The first kappa shape index (κ1) is 18.3. The second kappa shape index (κ2) is 7.38. The van der Waals surface area contributed by atoms with Gasteiger partial charge in [0.05, 0.1) is 0 Å². The Hall–Kier alpha value is -2.53. The lowest BCUT2D eigenvalue weighted by atomic mass is 10.1. The molecule has 0 radical (unpaired) electrons. The molecule has 1 atom stereocenters. The van der Waals surface area contributed by atoms with Gasteiger partial charge in [0.25, 0.3) is 0 Å². The van der Waals surface area contributed by atoms with Crippen LogP contribution in [0.2, 0.25) is 5.02 Å². The molecule has 0 aliphatic carbocycles. The maximum absolute atomic E-state index is 12.9. The Bertz CT molecular complexity index is 853. The number of anilines is 2. The van der Waals surface area contributed by atoms with Crippen LogP contribution in [0.25, 0.3) is 0 Å². The van der Waals surface area contributed by atoms with E-state index in [1.807, 2.05) is 32.0 Å². The molecule has 0 saturated carbocycles. The summed E-state index contributed by atoms with van der Waals surface area (Å²) in [4.78, 5) is 28.8. The summed E-state index contributed by atoms with van der Waals surface area (Å²) in [5.74, 6) is -0.0776. The minimum Gasteiger partial charge on any atom is -0.311 e. The van der Waals surface area contributed by atoms with Crippen molar-refractivity contribution in [3.8, 4) is 0 Å². The SMILES string of the molecule is Cc1ccc(C)c(N2CCN(C(=O)Nc3cccc(Cl)c3)C(C)C2=O)c1. The number of amides is 3. The lowest BCUT2D eigenvalue weighted by molar-refractivity contribution is -0.123. The van der Waals surface area contributed by atoms with Crippen LogP contribution in [0.1, 0.15) is 18.1 Å². The molecule has 1 unspecified atom stereocenters. The molecule has 0 aromatic heterocycles. The topological polar surface area (TPSA) is 52.6 Å². The van der Waals surface area contributed by atoms with Gasteiger partial charge in [0.2, 0.25) is 5.91 Å². The predicted molar refractivity (Wildman–Crippen MR) is 105 cm³/mol. The van der Waals surface area contributed by atoms with Crippen LogP contribution in [0.15, 0.2) is 42.5 Å². The summed E-state index contributed by atoms with van der Waals surface area (Å²) in [7, 11) is 0. The van der Waals surface area contributed by atoms with Crippen LogP contribution in [0.3, 0.4) is 0 Å². The maximum atomic E-state index is 12.9. The molecule has 26 heavy (non-hydrogen) atoms. The molecule has 1 aliphatic rings. The van der Waals surface area contributed by atoms with Crippen LogP contribution in [-0.4, -0.2) is 36.0 Å². The first-order valence-corrected chi connectivity index (χ1v) is 8.96. The number of urea groups is 1. The zero-order valence-corrected chi connectivity index (χ0v) is 15.9. The van der Waals surface area contributed by atoms with Crippen LogP contribution in [0.4, 0.5) is 16.2 Å². The molecule has 1 aliphatic heterocycles. The summed E-state index contributed by atoms with van der Waals surface area (Å²) in [5.41, 5.74) is 3.68. The van der Waals surface area contributed by atoms with E-state index in [0.717, 1.165) is 16.8 Å². The fourth-order valence-electron chi connectivity index (χ4n) is 3.16. The number of nitrogens with one attached hydrogen (secondary N) is 1. The van der Waals surface area contributed by atoms with Crippen LogP contribution in [-0.2, 0) is 4.79 Å². The standard InChI is InChI=1S/C20H22ClN3O2/c1-13-7-8-14(2)18(11-13)24-10-9-23(15(3)19(24)25)20(26)22-17-6-4-5-16(21)12-17/h4-8,11-12,15H,9-10H2,1-3H3,(H,22,26). The number of benzene rings is 2. The van der Waals surface area contributed by atoms with Gasteiger partial charge in [-0.05, 0) is 56.2 Å². The lowest BCUT2D eigenvalue weighted by Crippen LogP contribution is -2.58. The number of carbonyl (C=O) groups is 2. The van der Waals surface area contributed by atoms with Crippen molar-refractivity contribution in [2.75, 3.05) is 23.3 Å². The summed E-state index contributed by atoms with van der Waals surface area (Å²) in [6.45, 7) is 6.69. The van der Waals surface area contributed by atoms with Gasteiger partial charge in [-0.25, -0.2) is 4.79 Å². The van der Waals surface area contributed by atoms with Crippen molar-refractivity contribution in [1.29, 1.82) is 0 Å². The van der Waals surface area contributed by atoms with Crippen molar-refractivity contribution in [1.82, 2.24) is 4.90 Å². The van der Waals surface area contributed by atoms with E-state index >= 15 is 0 Å². The summed E-state index contributed by atoms with van der Waals surface area (Å²) in [5, 5.41) is 3.36. The van der Waals surface area contributed by atoms with Crippen molar-refractivity contribution in [3.05, 3.63) is 58.6 Å². The molecule has 5 nitrogen and oxygen atoms in total. The minimum absolute atomic E-state index is 0.0776. The monoisotopic (exact) mass is 371 g/mol. The highest BCUT2D eigenvalue weighted by atomic mass is 35.5. The van der Waals surface area contributed by atoms with Gasteiger partial charge in [-0.3, -0.25) is 4.79 Å². The Balaban J connectivity index is 1.75. The Morgan fingerprint density at radius 1 is 1.15 bits per heavy atom. The Morgan fingerprint density at radius 2 is 1.92 bits per heavy atom. The van der Waals surface area contributed by atoms with Crippen molar-refractivity contribution in [2.45, 2.75) is 26.8 Å². The number of halogens is 1. The smallest absolute Gasteiger partial charge is 0.311 e. The Labute approximate surface area is 158 Å². The molecule has 1 heterocycles. The third-order valence-electron chi connectivity index (χ3n) is 4.65. The second-order valence-corrected chi connectivity index (χ2v) is 7.03. The number of aryl methyl sites for hydroxylation is 2. The molecule has 6 heteroatoms. The first-order valence-electron chi connectivity index (χ1n) is 8.58. The summed E-state index contributed by atoms with van der Waals surface area (Å²) in [6.07, 6.45) is 0. The van der Waals surface area contributed by atoms with Crippen LogP contribution in [0.5, 0.6) is 0 Å². The van der Waals surface area contributed by atoms with Gasteiger partial charge in [-0.2, -0.15) is 0 Å². The van der Waals surface area contributed by atoms with Crippen molar-refractivity contribution < 1.29 is 9.59 Å². The number of carbonyl (C=O) groups excluding carboxylic acids is 2. The molecule has 1 N–H and O–H groups in total. The predicted octanol–water partition coefficient (Wildman–Crippen LogP) is 4.23.